The molecule has 0 saturated carbocycles. The van der Waals surface area contributed by atoms with Gasteiger partial charge in [0.15, 0.2) is 0 Å². The summed E-state index contributed by atoms with van der Waals surface area (Å²) in [4.78, 5) is 18.0. The lowest BCUT2D eigenvalue weighted by Crippen LogP contribution is -2.04. The fourth-order valence-electron chi connectivity index (χ4n) is 1.64. The van der Waals surface area contributed by atoms with Crippen molar-refractivity contribution in [3.63, 3.8) is 0 Å². The third-order valence-electron chi connectivity index (χ3n) is 2.57. The van der Waals surface area contributed by atoms with E-state index in [1.807, 2.05) is 6.92 Å². The van der Waals surface area contributed by atoms with Crippen LogP contribution in [0.3, 0.4) is 0 Å². The van der Waals surface area contributed by atoms with Crippen LogP contribution in [-0.2, 0) is 0 Å². The van der Waals surface area contributed by atoms with Gasteiger partial charge in [0, 0.05) is 4.47 Å². The molecule has 0 aliphatic carbocycles. The van der Waals surface area contributed by atoms with Crippen molar-refractivity contribution >= 4 is 27.6 Å². The minimum absolute atomic E-state index is 0.0723. The van der Waals surface area contributed by atoms with Crippen molar-refractivity contribution in [3.8, 4) is 11.6 Å². The van der Waals surface area contributed by atoms with Gasteiger partial charge >= 0.3 is 11.6 Å². The lowest BCUT2D eigenvalue weighted by atomic mass is 10.2. The monoisotopic (exact) mass is 338 g/mol. The second kappa shape index (κ2) is 5.41. The summed E-state index contributed by atoms with van der Waals surface area (Å²) in [6.45, 7) is 3.36. The normalized spacial score (nSPS) is 10.3. The summed E-state index contributed by atoms with van der Waals surface area (Å²) >= 11 is 3.37. The number of aromatic nitrogens is 2. The lowest BCUT2D eigenvalue weighted by Gasteiger charge is -2.08. The standard InChI is InChI=1S/C12H11BrN4O3/c1-6-5-8(3-4-9(6)13)20-11-10(17(18)19)7(2)15-12(14)16-11/h3-5H,1-2H3,(H2,14,15,16). The van der Waals surface area contributed by atoms with Gasteiger partial charge in [-0.3, -0.25) is 10.1 Å². The Bertz CT molecular complexity index is 691. The molecule has 1 aromatic carbocycles. The molecule has 2 N–H and O–H groups in total. The van der Waals surface area contributed by atoms with Crippen LogP contribution in [0.4, 0.5) is 11.6 Å². The molecular weight excluding hydrogens is 328 g/mol. The molecule has 20 heavy (non-hydrogen) atoms. The molecular formula is C12H11BrN4O3. The van der Waals surface area contributed by atoms with E-state index >= 15 is 0 Å². The number of halogens is 1. The van der Waals surface area contributed by atoms with Crippen LogP contribution in [0.2, 0.25) is 0 Å². The van der Waals surface area contributed by atoms with Gasteiger partial charge < -0.3 is 10.5 Å². The predicted molar refractivity (Wildman–Crippen MR) is 76.8 cm³/mol. The third kappa shape index (κ3) is 2.85. The maximum Gasteiger partial charge on any atom is 0.352 e. The molecule has 1 aromatic heterocycles. The SMILES string of the molecule is Cc1cc(Oc2nc(N)nc(C)c2[N+](=O)[O-])ccc1Br. The fourth-order valence-corrected chi connectivity index (χ4v) is 1.88. The first-order chi connectivity index (χ1) is 9.38. The third-order valence-corrected chi connectivity index (χ3v) is 3.46. The van der Waals surface area contributed by atoms with E-state index in [9.17, 15) is 10.1 Å². The van der Waals surface area contributed by atoms with Crippen molar-refractivity contribution in [2.75, 3.05) is 5.73 Å². The molecule has 0 spiro atoms. The Morgan fingerprint density at radius 3 is 2.65 bits per heavy atom. The number of hydrogen-bond acceptors (Lipinski definition) is 6. The lowest BCUT2D eigenvalue weighted by molar-refractivity contribution is -0.386. The Labute approximate surface area is 123 Å². The van der Waals surface area contributed by atoms with Crippen LogP contribution in [0.5, 0.6) is 11.6 Å². The summed E-state index contributed by atoms with van der Waals surface area (Å²) in [5, 5.41) is 11.1. The maximum atomic E-state index is 11.1. The van der Waals surface area contributed by atoms with E-state index < -0.39 is 4.92 Å². The second-order valence-electron chi connectivity index (χ2n) is 4.09. The van der Waals surface area contributed by atoms with Gasteiger partial charge in [0.2, 0.25) is 5.95 Å². The van der Waals surface area contributed by atoms with Gasteiger partial charge in [0.05, 0.1) is 4.92 Å². The number of nitrogens with two attached hydrogens (primary N) is 1. The first-order valence-corrected chi connectivity index (χ1v) is 6.40. The first kappa shape index (κ1) is 14.2. The Kier molecular flexibility index (Phi) is 3.84. The summed E-state index contributed by atoms with van der Waals surface area (Å²) in [5.74, 6) is 0.199. The van der Waals surface area contributed by atoms with Crippen LogP contribution < -0.4 is 10.5 Å². The molecule has 2 aromatic rings. The summed E-state index contributed by atoms with van der Waals surface area (Å²) in [7, 11) is 0. The fraction of sp³-hybridized carbons (Fsp3) is 0.167. The van der Waals surface area contributed by atoms with Gasteiger partial charge in [-0.05, 0) is 37.6 Å². The Balaban J connectivity index is 2.47. The summed E-state index contributed by atoms with van der Waals surface area (Å²) in [6.07, 6.45) is 0. The number of nitrogen functional groups attached to an aromatic ring is 1. The molecule has 7 nitrogen and oxygen atoms in total. The Morgan fingerprint density at radius 1 is 1.35 bits per heavy atom. The van der Waals surface area contributed by atoms with Crippen LogP contribution in [-0.4, -0.2) is 14.9 Å². The zero-order chi connectivity index (χ0) is 14.9. The summed E-state index contributed by atoms with van der Waals surface area (Å²) in [5.41, 5.74) is 6.30. The predicted octanol–water partition coefficient (Wildman–Crippen LogP) is 3.14. The highest BCUT2D eigenvalue weighted by atomic mass is 79.9. The Morgan fingerprint density at radius 2 is 2.05 bits per heavy atom. The van der Waals surface area contributed by atoms with Crippen molar-refractivity contribution < 1.29 is 9.66 Å². The van der Waals surface area contributed by atoms with Crippen molar-refractivity contribution in [1.29, 1.82) is 0 Å². The van der Waals surface area contributed by atoms with Crippen LogP contribution in [0.25, 0.3) is 0 Å². The van der Waals surface area contributed by atoms with Gasteiger partial charge in [-0.2, -0.15) is 4.98 Å². The van der Waals surface area contributed by atoms with Crippen LogP contribution in [0, 0.1) is 24.0 Å². The highest BCUT2D eigenvalue weighted by Crippen LogP contribution is 2.33. The summed E-state index contributed by atoms with van der Waals surface area (Å²) in [6, 6.07) is 5.20. The molecule has 0 aliphatic heterocycles. The molecule has 8 heteroatoms. The smallest absolute Gasteiger partial charge is 0.352 e. The molecule has 0 atom stereocenters. The van der Waals surface area contributed by atoms with E-state index in [2.05, 4.69) is 25.9 Å². The minimum atomic E-state index is -0.587. The van der Waals surface area contributed by atoms with Crippen LogP contribution in [0.15, 0.2) is 22.7 Å². The quantitative estimate of drug-likeness (QED) is 0.680. The average molecular weight is 339 g/mol. The zero-order valence-electron chi connectivity index (χ0n) is 10.8. The number of anilines is 1. The highest BCUT2D eigenvalue weighted by molar-refractivity contribution is 9.10. The molecule has 0 bridgehead atoms. The van der Waals surface area contributed by atoms with E-state index in [0.717, 1.165) is 10.0 Å². The molecule has 0 unspecified atom stereocenters. The number of nitro groups is 1. The molecule has 1 heterocycles. The van der Waals surface area contributed by atoms with Gasteiger partial charge in [0.1, 0.15) is 11.4 Å². The number of ether oxygens (including phenoxy) is 1. The minimum Gasteiger partial charge on any atom is -0.434 e. The van der Waals surface area contributed by atoms with E-state index in [4.69, 9.17) is 10.5 Å². The van der Waals surface area contributed by atoms with Gasteiger partial charge in [-0.15, -0.1) is 0 Å². The second-order valence-corrected chi connectivity index (χ2v) is 4.95. The largest absolute Gasteiger partial charge is 0.434 e. The number of hydrogen-bond donors (Lipinski definition) is 1. The maximum absolute atomic E-state index is 11.1. The van der Waals surface area contributed by atoms with Crippen molar-refractivity contribution in [1.82, 2.24) is 9.97 Å². The molecule has 0 aliphatic rings. The van der Waals surface area contributed by atoms with E-state index in [1.165, 1.54) is 6.92 Å². The van der Waals surface area contributed by atoms with E-state index in [0.29, 0.717) is 5.75 Å². The Hall–Kier alpha value is -2.22. The number of benzene rings is 1. The molecule has 0 saturated heterocycles. The van der Waals surface area contributed by atoms with Crippen LogP contribution >= 0.6 is 15.9 Å². The average Bonchev–Trinajstić information content (AvgIpc) is 2.32. The van der Waals surface area contributed by atoms with Gasteiger partial charge in [-0.25, -0.2) is 4.98 Å². The van der Waals surface area contributed by atoms with E-state index in [1.54, 1.807) is 18.2 Å². The topological polar surface area (TPSA) is 104 Å². The molecule has 0 radical (unpaired) electrons. The molecule has 0 fully saturated rings. The molecule has 104 valence electrons. The summed E-state index contributed by atoms with van der Waals surface area (Å²) < 4.78 is 6.39. The highest BCUT2D eigenvalue weighted by Gasteiger charge is 2.23. The van der Waals surface area contributed by atoms with Crippen LogP contribution in [0.1, 0.15) is 11.3 Å². The number of nitrogens with zero attached hydrogens (tertiary/aromatic N) is 3. The zero-order valence-corrected chi connectivity index (χ0v) is 12.3. The number of rotatable bonds is 3. The van der Waals surface area contributed by atoms with Crippen molar-refractivity contribution in [2.45, 2.75) is 13.8 Å². The van der Waals surface area contributed by atoms with Crippen molar-refractivity contribution in [3.05, 3.63) is 44.0 Å². The van der Waals surface area contributed by atoms with Gasteiger partial charge in [0.25, 0.3) is 0 Å². The molecule has 0 amide bonds. The van der Waals surface area contributed by atoms with Crippen molar-refractivity contribution in [2.24, 2.45) is 0 Å². The molecule has 2 rings (SSSR count). The van der Waals surface area contributed by atoms with E-state index in [-0.39, 0.29) is 23.2 Å². The first-order valence-electron chi connectivity index (χ1n) is 5.61. The number of aryl methyl sites for hydroxylation is 2. The van der Waals surface area contributed by atoms with Gasteiger partial charge in [-0.1, -0.05) is 15.9 Å².